The van der Waals surface area contributed by atoms with Gasteiger partial charge < -0.3 is 20.0 Å². The van der Waals surface area contributed by atoms with Gasteiger partial charge in [0.1, 0.15) is 0 Å². The predicted octanol–water partition coefficient (Wildman–Crippen LogP) is 2.68. The lowest BCUT2D eigenvalue weighted by molar-refractivity contribution is -0.131. The Labute approximate surface area is 179 Å². The van der Waals surface area contributed by atoms with Crippen LogP contribution in [0.5, 0.6) is 0 Å². The van der Waals surface area contributed by atoms with E-state index in [1.54, 1.807) is 6.92 Å². The molecule has 2 aliphatic rings. The Bertz CT molecular complexity index is 770. The van der Waals surface area contributed by atoms with Gasteiger partial charge in [0.25, 0.3) is 0 Å². The van der Waals surface area contributed by atoms with Gasteiger partial charge in [-0.2, -0.15) is 0 Å². The molecule has 0 bridgehead atoms. The van der Waals surface area contributed by atoms with Crippen LogP contribution in [0.15, 0.2) is 24.3 Å². The molecule has 7 heteroatoms. The number of carbonyl (C=O) groups excluding carboxylic acids is 2. The second-order valence-electron chi connectivity index (χ2n) is 8.78. The summed E-state index contributed by atoms with van der Waals surface area (Å²) >= 11 is 5.52. The highest BCUT2D eigenvalue weighted by molar-refractivity contribution is 7.80. The summed E-state index contributed by atoms with van der Waals surface area (Å²) < 4.78 is 0. The van der Waals surface area contributed by atoms with E-state index >= 15 is 0 Å². The van der Waals surface area contributed by atoms with Crippen molar-refractivity contribution in [3.8, 4) is 0 Å². The van der Waals surface area contributed by atoms with Crippen molar-refractivity contribution in [2.75, 3.05) is 37.6 Å². The summed E-state index contributed by atoms with van der Waals surface area (Å²) in [4.78, 5) is 30.5. The van der Waals surface area contributed by atoms with Crippen molar-refractivity contribution < 1.29 is 9.59 Å². The smallest absolute Gasteiger partial charge is 0.224 e. The molecule has 158 valence electrons. The fraction of sp³-hybridized carbons (Fsp3) is 0.591. The zero-order valence-electron chi connectivity index (χ0n) is 17.9. The average molecular weight is 417 g/mol. The lowest BCUT2D eigenvalue weighted by Crippen LogP contribution is -2.60. The van der Waals surface area contributed by atoms with E-state index in [-0.39, 0.29) is 17.2 Å². The molecule has 0 radical (unpaired) electrons. The zero-order chi connectivity index (χ0) is 21.2. The number of amides is 1. The number of hydrogen-bond acceptors (Lipinski definition) is 4. The molecule has 1 N–H and O–H groups in total. The second-order valence-corrected chi connectivity index (χ2v) is 9.17. The first-order valence-corrected chi connectivity index (χ1v) is 10.8. The third kappa shape index (κ3) is 5.26. The van der Waals surface area contributed by atoms with Gasteiger partial charge in [-0.3, -0.25) is 9.59 Å². The lowest BCUT2D eigenvalue weighted by atomic mass is 9.93. The Morgan fingerprint density at radius 2 is 1.76 bits per heavy atom. The van der Waals surface area contributed by atoms with E-state index in [1.807, 2.05) is 29.2 Å². The van der Waals surface area contributed by atoms with Crippen LogP contribution in [0.3, 0.4) is 0 Å². The van der Waals surface area contributed by atoms with Crippen LogP contribution >= 0.6 is 12.2 Å². The lowest BCUT2D eigenvalue weighted by Gasteiger charge is -2.45. The molecule has 3 rings (SSSR count). The van der Waals surface area contributed by atoms with Gasteiger partial charge in [-0.1, -0.05) is 0 Å². The number of thiocarbonyl (C=S) groups is 1. The first-order chi connectivity index (χ1) is 13.7. The number of ketones is 1. The predicted molar refractivity (Wildman–Crippen MR) is 120 cm³/mol. The van der Waals surface area contributed by atoms with E-state index in [9.17, 15) is 9.59 Å². The Morgan fingerprint density at radius 1 is 1.14 bits per heavy atom. The van der Waals surface area contributed by atoms with Crippen molar-refractivity contribution >= 4 is 34.7 Å². The molecule has 0 unspecified atom stereocenters. The van der Waals surface area contributed by atoms with Crippen LogP contribution in [-0.4, -0.2) is 70.9 Å². The highest BCUT2D eigenvalue weighted by Crippen LogP contribution is 2.22. The Morgan fingerprint density at radius 3 is 2.31 bits per heavy atom. The molecule has 1 atom stereocenters. The molecule has 1 amide bonds. The zero-order valence-corrected chi connectivity index (χ0v) is 18.7. The molecule has 2 aliphatic heterocycles. The molecule has 2 saturated heterocycles. The number of rotatable bonds is 5. The fourth-order valence-corrected chi connectivity index (χ4v) is 4.83. The summed E-state index contributed by atoms with van der Waals surface area (Å²) in [7, 11) is 0. The van der Waals surface area contributed by atoms with Gasteiger partial charge in [0.15, 0.2) is 10.9 Å². The summed E-state index contributed by atoms with van der Waals surface area (Å²) in [5.41, 5.74) is 1.84. The molecule has 0 spiro atoms. The molecule has 2 heterocycles. The van der Waals surface area contributed by atoms with Crippen LogP contribution in [0.2, 0.25) is 0 Å². The van der Waals surface area contributed by atoms with Gasteiger partial charge in [-0.25, -0.2) is 0 Å². The van der Waals surface area contributed by atoms with E-state index in [1.165, 1.54) is 0 Å². The number of carbonyl (C=O) groups is 2. The van der Waals surface area contributed by atoms with E-state index in [0.29, 0.717) is 19.0 Å². The fourth-order valence-electron chi connectivity index (χ4n) is 4.28. The molecule has 29 heavy (non-hydrogen) atoms. The van der Waals surface area contributed by atoms with Gasteiger partial charge in [-0.15, -0.1) is 0 Å². The minimum atomic E-state index is 0.00988. The standard InChI is InChI=1S/C22H32N4O2S/c1-16-15-22(3,4)23-21(29)26(16)10-9-20(28)25-13-11-24(12-14-25)19-7-5-18(6-8-19)17(2)27/h5-8,16H,9-15H2,1-4H3,(H,23,29)/t16-/m1/s1. The van der Waals surface area contributed by atoms with Crippen LogP contribution < -0.4 is 10.2 Å². The van der Waals surface area contributed by atoms with Crippen molar-refractivity contribution in [1.29, 1.82) is 0 Å². The van der Waals surface area contributed by atoms with E-state index in [4.69, 9.17) is 12.2 Å². The van der Waals surface area contributed by atoms with Crippen LogP contribution in [-0.2, 0) is 4.79 Å². The topological polar surface area (TPSA) is 55.9 Å². The van der Waals surface area contributed by atoms with E-state index in [2.05, 4.69) is 35.9 Å². The van der Waals surface area contributed by atoms with Crippen molar-refractivity contribution in [2.45, 2.75) is 52.1 Å². The number of benzene rings is 1. The maximum atomic E-state index is 12.7. The van der Waals surface area contributed by atoms with Crippen LogP contribution in [0.1, 0.15) is 50.9 Å². The van der Waals surface area contributed by atoms with Gasteiger partial charge >= 0.3 is 0 Å². The Kier molecular flexibility index (Phi) is 6.46. The largest absolute Gasteiger partial charge is 0.368 e. The summed E-state index contributed by atoms with van der Waals surface area (Å²) in [5, 5.41) is 4.13. The molecule has 6 nitrogen and oxygen atoms in total. The monoisotopic (exact) mass is 416 g/mol. The minimum Gasteiger partial charge on any atom is -0.368 e. The highest BCUT2D eigenvalue weighted by Gasteiger charge is 2.33. The maximum Gasteiger partial charge on any atom is 0.224 e. The number of hydrogen-bond donors (Lipinski definition) is 1. The average Bonchev–Trinajstić information content (AvgIpc) is 2.66. The van der Waals surface area contributed by atoms with Gasteiger partial charge in [0.05, 0.1) is 0 Å². The number of anilines is 1. The van der Waals surface area contributed by atoms with Crippen LogP contribution in [0, 0.1) is 0 Å². The van der Waals surface area contributed by atoms with Crippen LogP contribution in [0.4, 0.5) is 5.69 Å². The summed E-state index contributed by atoms with van der Waals surface area (Å²) in [6.45, 7) is 11.8. The number of nitrogens with zero attached hydrogens (tertiary/aromatic N) is 3. The first-order valence-electron chi connectivity index (χ1n) is 10.4. The molecule has 0 aromatic heterocycles. The number of piperazine rings is 1. The molecule has 1 aromatic carbocycles. The van der Waals surface area contributed by atoms with Gasteiger partial charge in [-0.05, 0) is 70.6 Å². The van der Waals surface area contributed by atoms with Crippen molar-refractivity contribution in [3.05, 3.63) is 29.8 Å². The summed E-state index contributed by atoms with van der Waals surface area (Å²) in [6.07, 6.45) is 1.49. The third-order valence-corrected chi connectivity index (χ3v) is 6.22. The van der Waals surface area contributed by atoms with Gasteiger partial charge in [0, 0.05) is 62.0 Å². The normalized spacial score (nSPS) is 21.7. The highest BCUT2D eigenvalue weighted by atomic mass is 32.1. The Hall–Kier alpha value is -2.15. The Balaban J connectivity index is 1.47. The molecule has 0 aliphatic carbocycles. The second kappa shape index (κ2) is 8.69. The summed E-state index contributed by atoms with van der Waals surface area (Å²) in [6, 6.07) is 8.05. The molecule has 1 aromatic rings. The molecular weight excluding hydrogens is 384 g/mol. The van der Waals surface area contributed by atoms with Crippen molar-refractivity contribution in [2.24, 2.45) is 0 Å². The molecule has 2 fully saturated rings. The quantitative estimate of drug-likeness (QED) is 0.588. The first kappa shape index (κ1) is 21.6. The van der Waals surface area contributed by atoms with E-state index < -0.39 is 0 Å². The molecular formula is C22H32N4O2S. The third-order valence-electron chi connectivity index (χ3n) is 5.88. The van der Waals surface area contributed by atoms with E-state index in [0.717, 1.165) is 49.0 Å². The molecule has 0 saturated carbocycles. The van der Waals surface area contributed by atoms with Crippen molar-refractivity contribution in [1.82, 2.24) is 15.1 Å². The number of Topliss-reactive ketones (excluding diaryl/α,β-unsaturated/α-hetero) is 1. The maximum absolute atomic E-state index is 12.7. The summed E-state index contributed by atoms with van der Waals surface area (Å²) in [5.74, 6) is 0.268. The van der Waals surface area contributed by atoms with Gasteiger partial charge in [0.2, 0.25) is 5.91 Å². The van der Waals surface area contributed by atoms with Crippen molar-refractivity contribution in [3.63, 3.8) is 0 Å². The number of nitrogens with one attached hydrogen (secondary N) is 1. The van der Waals surface area contributed by atoms with Crippen LogP contribution in [0.25, 0.3) is 0 Å². The SMILES string of the molecule is CC(=O)c1ccc(N2CCN(C(=O)CCN3C(=S)NC(C)(C)C[C@H]3C)CC2)cc1. The minimum absolute atomic E-state index is 0.00988.